The van der Waals surface area contributed by atoms with Gasteiger partial charge in [-0.05, 0) is 49.3 Å². The molecule has 0 aromatic heterocycles. The van der Waals surface area contributed by atoms with Crippen molar-refractivity contribution in [1.29, 1.82) is 0 Å². The second-order valence-corrected chi connectivity index (χ2v) is 7.93. The van der Waals surface area contributed by atoms with E-state index in [4.69, 9.17) is 5.21 Å². The zero-order valence-electron chi connectivity index (χ0n) is 14.6. The number of amides is 2. The van der Waals surface area contributed by atoms with Crippen LogP contribution in [-0.2, 0) is 22.6 Å². The summed E-state index contributed by atoms with van der Waals surface area (Å²) >= 11 is 0. The average molecular weight is 343 g/mol. The average Bonchev–Trinajstić information content (AvgIpc) is 3.37. The van der Waals surface area contributed by atoms with Gasteiger partial charge in [0.25, 0.3) is 0 Å². The van der Waals surface area contributed by atoms with E-state index < -0.39 is 17.9 Å². The molecule has 134 valence electrons. The van der Waals surface area contributed by atoms with Gasteiger partial charge in [-0.15, -0.1) is 0 Å². The summed E-state index contributed by atoms with van der Waals surface area (Å²) in [6.45, 7) is 2.12. The highest BCUT2D eigenvalue weighted by Gasteiger charge is 2.55. The monoisotopic (exact) mass is 343 g/mol. The summed E-state index contributed by atoms with van der Waals surface area (Å²) in [6, 6.07) is 7.71. The first-order valence-electron chi connectivity index (χ1n) is 9.03. The number of likely N-dealkylation sites (N-methyl/N-ethyl adjacent to an activating group) is 1. The normalized spacial score (nSPS) is 27.7. The van der Waals surface area contributed by atoms with E-state index >= 15 is 0 Å². The Hall–Kier alpha value is -1.92. The van der Waals surface area contributed by atoms with Gasteiger partial charge in [0.15, 0.2) is 0 Å². The van der Waals surface area contributed by atoms with Crippen LogP contribution in [0.5, 0.6) is 0 Å². The summed E-state index contributed by atoms with van der Waals surface area (Å²) < 4.78 is 0. The lowest BCUT2D eigenvalue weighted by molar-refractivity contribution is -0.151. The van der Waals surface area contributed by atoms with Crippen LogP contribution in [0.25, 0.3) is 0 Å². The molecule has 1 saturated heterocycles. The topological polar surface area (TPSA) is 72.9 Å². The van der Waals surface area contributed by atoms with Crippen molar-refractivity contribution in [3.63, 3.8) is 0 Å². The minimum Gasteiger partial charge on any atom is -0.337 e. The molecule has 3 aliphatic rings. The molecule has 1 aromatic carbocycles. The number of benzene rings is 1. The molecule has 4 rings (SSSR count). The molecule has 2 amide bonds. The third kappa shape index (κ3) is 2.93. The van der Waals surface area contributed by atoms with Gasteiger partial charge < -0.3 is 4.90 Å². The quantitative estimate of drug-likeness (QED) is 0.625. The van der Waals surface area contributed by atoms with E-state index in [2.05, 4.69) is 12.1 Å². The molecule has 1 saturated carbocycles. The summed E-state index contributed by atoms with van der Waals surface area (Å²) in [4.78, 5) is 29.4. The van der Waals surface area contributed by atoms with Gasteiger partial charge in [0.05, 0.1) is 5.92 Å². The highest BCUT2D eigenvalue weighted by atomic mass is 16.5. The number of carbonyl (C=O) groups excluding carboxylic acids is 2. The summed E-state index contributed by atoms with van der Waals surface area (Å²) in [5, 5.41) is 9.16. The zero-order chi connectivity index (χ0) is 17.6. The van der Waals surface area contributed by atoms with E-state index in [0.717, 1.165) is 25.8 Å². The maximum absolute atomic E-state index is 13.3. The number of hydrogen-bond acceptors (Lipinski definition) is 4. The van der Waals surface area contributed by atoms with Crippen LogP contribution in [0.1, 0.15) is 30.4 Å². The minimum absolute atomic E-state index is 0.00102. The second-order valence-electron chi connectivity index (χ2n) is 7.93. The summed E-state index contributed by atoms with van der Waals surface area (Å²) in [5.41, 5.74) is 4.43. The van der Waals surface area contributed by atoms with Crippen molar-refractivity contribution >= 4 is 11.8 Å². The predicted octanol–water partition coefficient (Wildman–Crippen LogP) is 1.18. The Morgan fingerprint density at radius 2 is 1.96 bits per heavy atom. The molecular weight excluding hydrogens is 318 g/mol. The Bertz CT molecular complexity index is 701. The van der Waals surface area contributed by atoms with Gasteiger partial charge in [0, 0.05) is 19.6 Å². The van der Waals surface area contributed by atoms with Crippen LogP contribution in [0.2, 0.25) is 0 Å². The molecule has 2 atom stereocenters. The fourth-order valence-corrected chi connectivity index (χ4v) is 4.67. The zero-order valence-corrected chi connectivity index (χ0v) is 14.6. The van der Waals surface area contributed by atoms with Crippen molar-refractivity contribution in [3.05, 3.63) is 35.4 Å². The van der Waals surface area contributed by atoms with Crippen molar-refractivity contribution in [2.75, 3.05) is 20.1 Å². The molecule has 6 nitrogen and oxygen atoms in total. The van der Waals surface area contributed by atoms with Gasteiger partial charge in [0.1, 0.15) is 6.04 Å². The second kappa shape index (κ2) is 6.11. The lowest BCUT2D eigenvalue weighted by Gasteiger charge is -2.44. The highest BCUT2D eigenvalue weighted by molar-refractivity contribution is 5.90. The van der Waals surface area contributed by atoms with Crippen LogP contribution in [-0.4, -0.2) is 53.0 Å². The first-order valence-corrected chi connectivity index (χ1v) is 9.03. The number of likely N-dealkylation sites (tertiary alicyclic amines) is 1. The van der Waals surface area contributed by atoms with Gasteiger partial charge in [0.2, 0.25) is 11.8 Å². The Balaban J connectivity index is 1.56. The SMILES string of the molecule is CN1CC2(CC2)C[C@H](C(=O)NO)[C@H]1C(=O)N1CCc2ccccc2C1. The van der Waals surface area contributed by atoms with Crippen molar-refractivity contribution in [1.82, 2.24) is 15.3 Å². The van der Waals surface area contributed by atoms with Crippen LogP contribution in [0.15, 0.2) is 24.3 Å². The third-order valence-corrected chi connectivity index (χ3v) is 6.19. The van der Waals surface area contributed by atoms with E-state index in [9.17, 15) is 9.59 Å². The summed E-state index contributed by atoms with van der Waals surface area (Å²) in [6.07, 6.45) is 3.73. The predicted molar refractivity (Wildman–Crippen MR) is 91.7 cm³/mol. The minimum atomic E-state index is -0.497. The Kier molecular flexibility index (Phi) is 4.04. The third-order valence-electron chi connectivity index (χ3n) is 6.19. The van der Waals surface area contributed by atoms with Crippen molar-refractivity contribution in [2.45, 2.75) is 38.3 Å². The number of hydrogen-bond donors (Lipinski definition) is 2. The number of piperidine rings is 1. The molecule has 2 aliphatic heterocycles. The lowest BCUT2D eigenvalue weighted by atomic mass is 9.80. The van der Waals surface area contributed by atoms with Crippen molar-refractivity contribution < 1.29 is 14.8 Å². The molecule has 1 spiro atoms. The molecule has 25 heavy (non-hydrogen) atoms. The molecule has 2 heterocycles. The van der Waals surface area contributed by atoms with Crippen LogP contribution in [0.4, 0.5) is 0 Å². The smallest absolute Gasteiger partial charge is 0.248 e. The van der Waals surface area contributed by atoms with E-state index in [1.807, 2.05) is 29.0 Å². The first-order chi connectivity index (χ1) is 12.0. The number of fused-ring (bicyclic) bond motifs is 1. The molecule has 6 heteroatoms. The molecule has 2 N–H and O–H groups in total. The first kappa shape index (κ1) is 16.5. The Morgan fingerprint density at radius 1 is 1.24 bits per heavy atom. The van der Waals surface area contributed by atoms with E-state index in [0.29, 0.717) is 19.5 Å². The maximum atomic E-state index is 13.3. The number of rotatable bonds is 2. The fraction of sp³-hybridized carbons (Fsp3) is 0.579. The molecule has 0 radical (unpaired) electrons. The van der Waals surface area contributed by atoms with Gasteiger partial charge >= 0.3 is 0 Å². The Morgan fingerprint density at radius 3 is 2.64 bits per heavy atom. The molecule has 2 fully saturated rings. The molecule has 0 unspecified atom stereocenters. The fourth-order valence-electron chi connectivity index (χ4n) is 4.67. The highest BCUT2D eigenvalue weighted by Crippen LogP contribution is 2.54. The Labute approximate surface area is 147 Å². The van der Waals surface area contributed by atoms with Crippen LogP contribution in [0.3, 0.4) is 0 Å². The van der Waals surface area contributed by atoms with Gasteiger partial charge in [-0.2, -0.15) is 0 Å². The number of carbonyl (C=O) groups is 2. The van der Waals surface area contributed by atoms with E-state index in [-0.39, 0.29) is 11.3 Å². The van der Waals surface area contributed by atoms with Crippen LogP contribution < -0.4 is 5.48 Å². The largest absolute Gasteiger partial charge is 0.337 e. The van der Waals surface area contributed by atoms with Crippen molar-refractivity contribution in [2.24, 2.45) is 11.3 Å². The number of nitrogens with one attached hydrogen (secondary N) is 1. The van der Waals surface area contributed by atoms with Crippen molar-refractivity contribution in [3.8, 4) is 0 Å². The number of nitrogens with zero attached hydrogens (tertiary/aromatic N) is 2. The van der Waals surface area contributed by atoms with E-state index in [1.54, 1.807) is 5.48 Å². The molecule has 1 aromatic rings. The van der Waals surface area contributed by atoms with Crippen LogP contribution in [0, 0.1) is 11.3 Å². The molecule has 0 bridgehead atoms. The summed E-state index contributed by atoms with van der Waals surface area (Å²) in [5.74, 6) is -0.925. The molecule has 1 aliphatic carbocycles. The van der Waals surface area contributed by atoms with Gasteiger partial charge in [-0.3, -0.25) is 19.7 Å². The standard InChI is InChI=1S/C19H25N3O3/c1-21-12-19(7-8-19)10-15(17(23)20-25)16(21)18(24)22-9-6-13-4-2-3-5-14(13)11-22/h2-5,15-16,25H,6-12H2,1H3,(H,20,23)/t15-,16-/m0/s1. The molecular formula is C19H25N3O3. The maximum Gasteiger partial charge on any atom is 0.248 e. The number of hydroxylamine groups is 1. The van der Waals surface area contributed by atoms with E-state index in [1.165, 1.54) is 11.1 Å². The lowest BCUT2D eigenvalue weighted by Crippen LogP contribution is -2.59. The van der Waals surface area contributed by atoms with Crippen LogP contribution >= 0.6 is 0 Å². The summed E-state index contributed by atoms with van der Waals surface area (Å²) in [7, 11) is 1.93. The van der Waals surface area contributed by atoms with Gasteiger partial charge in [-0.1, -0.05) is 24.3 Å². The van der Waals surface area contributed by atoms with Gasteiger partial charge in [-0.25, -0.2) is 5.48 Å².